The van der Waals surface area contributed by atoms with Crippen LogP contribution in [0.25, 0.3) is 5.65 Å². The van der Waals surface area contributed by atoms with Crippen LogP contribution in [0, 0.1) is 24.2 Å². The van der Waals surface area contributed by atoms with Gasteiger partial charge in [0.15, 0.2) is 5.65 Å². The van der Waals surface area contributed by atoms with Gasteiger partial charge in [-0.1, -0.05) is 11.6 Å². The minimum atomic E-state index is -3.60. The first-order chi connectivity index (χ1) is 18.6. The molecule has 3 atom stereocenters. The van der Waals surface area contributed by atoms with E-state index in [0.29, 0.717) is 42.4 Å². The fraction of sp³-hybridized carbons (Fsp3) is 0.462. The molecule has 1 N–H and O–H groups in total. The Balaban J connectivity index is 1.47. The molecule has 0 spiro atoms. The van der Waals surface area contributed by atoms with Gasteiger partial charge in [-0.3, -0.25) is 9.52 Å². The highest BCUT2D eigenvalue weighted by Gasteiger charge is 2.35. The van der Waals surface area contributed by atoms with E-state index in [1.807, 2.05) is 19.2 Å². The number of ether oxygens (including phenoxy) is 1. The number of amides is 1. The monoisotopic (exact) mass is 571 g/mol. The molecular formula is C26H30ClN7O4S. The molecule has 2 aliphatic heterocycles. The van der Waals surface area contributed by atoms with Gasteiger partial charge < -0.3 is 14.5 Å². The van der Waals surface area contributed by atoms with Crippen LogP contribution >= 0.6 is 11.6 Å². The van der Waals surface area contributed by atoms with Crippen LogP contribution in [0.15, 0.2) is 30.5 Å². The molecule has 1 amide bonds. The number of aromatic nitrogens is 3. The third kappa shape index (κ3) is 5.52. The van der Waals surface area contributed by atoms with Gasteiger partial charge in [-0.05, 0) is 44.4 Å². The fourth-order valence-corrected chi connectivity index (χ4v) is 6.18. The lowest BCUT2D eigenvalue weighted by molar-refractivity contribution is 0.0607. The maximum atomic E-state index is 13.8. The number of carbonyl (C=O) groups is 1. The van der Waals surface area contributed by atoms with Crippen molar-refractivity contribution in [2.45, 2.75) is 38.3 Å². The summed E-state index contributed by atoms with van der Waals surface area (Å²) in [6, 6.07) is 8.43. The first-order valence-electron chi connectivity index (χ1n) is 12.7. The Morgan fingerprint density at radius 2 is 2.05 bits per heavy atom. The summed E-state index contributed by atoms with van der Waals surface area (Å²) < 4.78 is 33.5. The van der Waals surface area contributed by atoms with Crippen LogP contribution in [0.3, 0.4) is 0 Å². The van der Waals surface area contributed by atoms with E-state index in [-0.39, 0.29) is 35.2 Å². The Hall–Kier alpha value is -3.40. The number of carbonyl (C=O) groups excluding carboxylic acids is 1. The van der Waals surface area contributed by atoms with Crippen LogP contribution in [0.1, 0.15) is 46.9 Å². The number of hydrogen-bond donors (Lipinski definition) is 1. The highest BCUT2D eigenvalue weighted by Crippen LogP contribution is 2.35. The van der Waals surface area contributed by atoms with Crippen molar-refractivity contribution in [3.05, 3.63) is 52.3 Å². The van der Waals surface area contributed by atoms with E-state index in [1.54, 1.807) is 22.6 Å². The summed E-state index contributed by atoms with van der Waals surface area (Å²) in [4.78, 5) is 22.5. The van der Waals surface area contributed by atoms with Crippen LogP contribution in [-0.4, -0.2) is 72.9 Å². The molecule has 0 unspecified atom stereocenters. The molecule has 11 nitrogen and oxygen atoms in total. The molecule has 0 aliphatic carbocycles. The molecule has 39 heavy (non-hydrogen) atoms. The molecule has 0 radical (unpaired) electrons. The predicted molar refractivity (Wildman–Crippen MR) is 147 cm³/mol. The van der Waals surface area contributed by atoms with Crippen LogP contribution in [0.4, 0.5) is 11.5 Å². The topological polar surface area (TPSA) is 133 Å². The van der Waals surface area contributed by atoms with Gasteiger partial charge >= 0.3 is 0 Å². The molecule has 1 aromatic carbocycles. The summed E-state index contributed by atoms with van der Waals surface area (Å²) in [6.07, 6.45) is 5.22. The summed E-state index contributed by atoms with van der Waals surface area (Å²) in [5.74, 6) is 0.226. The summed E-state index contributed by atoms with van der Waals surface area (Å²) >= 11 is 6.20. The molecular weight excluding hydrogens is 542 g/mol. The van der Waals surface area contributed by atoms with Gasteiger partial charge in [-0.15, -0.1) is 0 Å². The van der Waals surface area contributed by atoms with Crippen LogP contribution in [0.2, 0.25) is 5.02 Å². The minimum absolute atomic E-state index is 0.178. The lowest BCUT2D eigenvalue weighted by atomic mass is 9.98. The second-order valence-electron chi connectivity index (χ2n) is 10.1. The highest BCUT2D eigenvalue weighted by molar-refractivity contribution is 7.92. The zero-order valence-electron chi connectivity index (χ0n) is 22.0. The number of piperidine rings is 1. The number of nitrogens with one attached hydrogen (secondary N) is 1. The number of methoxy groups -OCH3 is 1. The number of hydrogen-bond acceptors (Lipinski definition) is 8. The zero-order chi connectivity index (χ0) is 27.9. The quantitative estimate of drug-likeness (QED) is 0.476. The van der Waals surface area contributed by atoms with Gasteiger partial charge in [0, 0.05) is 49.6 Å². The largest absolute Gasteiger partial charge is 0.378 e. The number of likely N-dealkylation sites (tertiary alicyclic amines) is 1. The van der Waals surface area contributed by atoms with E-state index in [0.717, 1.165) is 30.5 Å². The van der Waals surface area contributed by atoms with Crippen LogP contribution in [0.5, 0.6) is 0 Å². The Labute approximate surface area is 232 Å². The third-order valence-corrected chi connectivity index (χ3v) is 8.10. The smallest absolute Gasteiger partial charge is 0.256 e. The molecule has 2 aliphatic rings. The summed E-state index contributed by atoms with van der Waals surface area (Å²) in [5, 5.41) is 14.6. The molecule has 4 heterocycles. The second kappa shape index (κ2) is 10.6. The molecule has 0 saturated carbocycles. The number of aryl methyl sites for hydroxylation is 1. The number of nitrogens with zero attached hydrogens (tertiary/aromatic N) is 6. The van der Waals surface area contributed by atoms with E-state index in [9.17, 15) is 18.5 Å². The van der Waals surface area contributed by atoms with Gasteiger partial charge in [-0.25, -0.2) is 17.9 Å². The van der Waals surface area contributed by atoms with Crippen molar-refractivity contribution in [2.75, 3.05) is 42.6 Å². The lowest BCUT2D eigenvalue weighted by Gasteiger charge is -2.35. The van der Waals surface area contributed by atoms with Crippen molar-refractivity contribution in [2.24, 2.45) is 5.92 Å². The molecule has 5 rings (SSSR count). The lowest BCUT2D eigenvalue weighted by Crippen LogP contribution is -2.39. The molecule has 2 fully saturated rings. The zero-order valence-corrected chi connectivity index (χ0v) is 23.5. The Bertz CT molecular complexity index is 1570. The maximum Gasteiger partial charge on any atom is 0.256 e. The number of anilines is 2. The second-order valence-corrected chi connectivity index (χ2v) is 12.3. The molecule has 2 saturated heterocycles. The third-order valence-electron chi connectivity index (χ3n) is 7.27. The maximum absolute atomic E-state index is 13.8. The first-order valence-corrected chi connectivity index (χ1v) is 15.0. The van der Waals surface area contributed by atoms with Gasteiger partial charge in [0.05, 0.1) is 47.3 Å². The summed E-state index contributed by atoms with van der Waals surface area (Å²) in [5.41, 5.74) is 2.63. The van der Waals surface area contributed by atoms with Gasteiger partial charge in [0.1, 0.15) is 5.82 Å². The Morgan fingerprint density at radius 3 is 2.74 bits per heavy atom. The molecule has 13 heteroatoms. The number of fused-ring (bicyclic) bond motifs is 1. The molecule has 2 aromatic heterocycles. The van der Waals surface area contributed by atoms with Crippen molar-refractivity contribution in [1.82, 2.24) is 19.5 Å². The van der Waals surface area contributed by atoms with E-state index in [1.165, 1.54) is 12.1 Å². The standard InChI is InChI=1S/C26H30ClN7O4S/c1-16-13-34-24(29-25(16)32-14-17(12-28)23(15-32)38-2)11-21(30-34)22-6-4-5-9-33(22)26(35)19-10-18(27)7-8-20(19)31-39(3,36)37/h7-8,10-11,13,17,22-23,31H,4-6,9,14-15H2,1-3H3/t17-,22-,23-/m0/s1. The van der Waals surface area contributed by atoms with Crippen molar-refractivity contribution in [3.8, 4) is 6.07 Å². The van der Waals surface area contributed by atoms with E-state index in [2.05, 4.69) is 15.7 Å². The van der Waals surface area contributed by atoms with E-state index >= 15 is 0 Å². The van der Waals surface area contributed by atoms with Crippen molar-refractivity contribution >= 4 is 44.7 Å². The average molecular weight is 572 g/mol. The molecule has 3 aromatic rings. The van der Waals surface area contributed by atoms with E-state index in [4.69, 9.17) is 26.4 Å². The number of nitriles is 1. The number of halogens is 1. The van der Waals surface area contributed by atoms with Crippen molar-refractivity contribution in [3.63, 3.8) is 0 Å². The van der Waals surface area contributed by atoms with Gasteiger partial charge in [-0.2, -0.15) is 10.4 Å². The van der Waals surface area contributed by atoms with E-state index < -0.39 is 10.0 Å². The minimum Gasteiger partial charge on any atom is -0.378 e. The number of sulfonamides is 1. The summed E-state index contributed by atoms with van der Waals surface area (Å²) in [6.45, 7) is 3.57. The SMILES string of the molecule is CO[C@H]1CN(c2nc3cc([C@@H]4CCCCN4C(=O)c4cc(Cl)ccc4NS(C)(=O)=O)nn3cc2C)C[C@@H]1C#N. The molecule has 206 valence electrons. The van der Waals surface area contributed by atoms with Gasteiger partial charge in [0.2, 0.25) is 10.0 Å². The predicted octanol–water partition coefficient (Wildman–Crippen LogP) is 3.40. The highest BCUT2D eigenvalue weighted by atomic mass is 35.5. The fourth-order valence-electron chi connectivity index (χ4n) is 5.43. The Morgan fingerprint density at radius 1 is 1.26 bits per heavy atom. The van der Waals surface area contributed by atoms with Crippen LogP contribution < -0.4 is 9.62 Å². The van der Waals surface area contributed by atoms with Crippen LogP contribution in [-0.2, 0) is 14.8 Å². The number of rotatable bonds is 6. The average Bonchev–Trinajstić information content (AvgIpc) is 3.51. The first kappa shape index (κ1) is 27.2. The molecule has 0 bridgehead atoms. The normalized spacial score (nSPS) is 21.8. The van der Waals surface area contributed by atoms with Crippen molar-refractivity contribution < 1.29 is 17.9 Å². The number of benzene rings is 1. The Kier molecular flexibility index (Phi) is 7.41. The van der Waals surface area contributed by atoms with Gasteiger partial charge in [0.25, 0.3) is 5.91 Å². The summed E-state index contributed by atoms with van der Waals surface area (Å²) in [7, 11) is -1.99. The van der Waals surface area contributed by atoms with Crippen molar-refractivity contribution in [1.29, 1.82) is 5.26 Å².